The van der Waals surface area contributed by atoms with E-state index in [0.29, 0.717) is 12.5 Å². The molecule has 0 saturated heterocycles. The van der Waals surface area contributed by atoms with E-state index in [0.717, 1.165) is 25.7 Å². The minimum atomic E-state index is 0.0477. The molecular weight excluding hydrogens is 284 g/mol. The van der Waals surface area contributed by atoms with Gasteiger partial charge in [0, 0.05) is 0 Å². The summed E-state index contributed by atoms with van der Waals surface area (Å²) in [7, 11) is 0. The lowest BCUT2D eigenvalue weighted by Crippen LogP contribution is -2.22. The molecule has 1 aliphatic carbocycles. The van der Waals surface area contributed by atoms with Crippen LogP contribution >= 0.6 is 0 Å². The summed E-state index contributed by atoms with van der Waals surface area (Å²) in [5.74, 6) is 0.821. The van der Waals surface area contributed by atoms with Crippen molar-refractivity contribution in [2.45, 2.75) is 113 Å². The van der Waals surface area contributed by atoms with Gasteiger partial charge in [0.25, 0.3) is 0 Å². The summed E-state index contributed by atoms with van der Waals surface area (Å²) in [6.07, 6.45) is 10.7. The van der Waals surface area contributed by atoms with E-state index >= 15 is 0 Å². The molecule has 0 bridgehead atoms. The number of ether oxygens (including phenoxy) is 1. The topological polar surface area (TPSA) is 26.3 Å². The van der Waals surface area contributed by atoms with Crippen LogP contribution in [0.15, 0.2) is 0 Å². The quantitative estimate of drug-likeness (QED) is 0.454. The Labute approximate surface area is 147 Å². The summed E-state index contributed by atoms with van der Waals surface area (Å²) in [6.45, 7) is 16.9. The highest BCUT2D eigenvalue weighted by Crippen LogP contribution is 2.24. The van der Waals surface area contributed by atoms with Gasteiger partial charge in [-0.15, -0.1) is 0 Å². The smallest absolute Gasteiger partial charge is 0.308 e. The van der Waals surface area contributed by atoms with Gasteiger partial charge in [0.15, 0.2) is 0 Å². The molecule has 1 saturated carbocycles. The fourth-order valence-electron chi connectivity index (χ4n) is 2.61. The molecule has 1 fully saturated rings. The number of hydrogen-bond donors (Lipinski definition) is 0. The second kappa shape index (κ2) is 23.7. The molecular formula is C21H46O2. The van der Waals surface area contributed by atoms with Crippen molar-refractivity contribution in [1.82, 2.24) is 0 Å². The molecule has 0 aromatic carbocycles. The van der Waals surface area contributed by atoms with E-state index in [4.69, 9.17) is 4.74 Å². The van der Waals surface area contributed by atoms with Crippen LogP contribution in [0.5, 0.6) is 0 Å². The fourth-order valence-corrected chi connectivity index (χ4v) is 2.61. The predicted octanol–water partition coefficient (Wildman–Crippen LogP) is 7.40. The Bertz CT molecular complexity index is 208. The number of hydrogen-bond acceptors (Lipinski definition) is 2. The van der Waals surface area contributed by atoms with Gasteiger partial charge in [-0.2, -0.15) is 0 Å². The van der Waals surface area contributed by atoms with Crippen molar-refractivity contribution < 1.29 is 9.53 Å². The van der Waals surface area contributed by atoms with Crippen molar-refractivity contribution >= 4 is 5.97 Å². The highest BCUT2D eigenvalue weighted by atomic mass is 16.5. The minimum Gasteiger partial charge on any atom is -0.465 e. The molecule has 0 heterocycles. The molecule has 0 N–H and O–H groups in total. The molecule has 0 aromatic rings. The Balaban J connectivity index is -0.000000595. The molecule has 0 amide bonds. The first-order chi connectivity index (χ1) is 11.3. The molecule has 0 aromatic heterocycles. The second-order valence-corrected chi connectivity index (χ2v) is 5.38. The minimum absolute atomic E-state index is 0.0477. The van der Waals surface area contributed by atoms with Crippen molar-refractivity contribution in [2.75, 3.05) is 6.61 Å². The predicted molar refractivity (Wildman–Crippen MR) is 105 cm³/mol. The maximum Gasteiger partial charge on any atom is 0.308 e. The highest BCUT2D eigenvalue weighted by molar-refractivity contribution is 5.72. The maximum atomic E-state index is 11.9. The van der Waals surface area contributed by atoms with Gasteiger partial charge in [0.1, 0.15) is 0 Å². The van der Waals surface area contributed by atoms with Gasteiger partial charge in [-0.3, -0.25) is 4.79 Å². The molecule has 1 rings (SSSR count). The first kappa shape index (κ1) is 27.3. The highest BCUT2D eigenvalue weighted by Gasteiger charge is 2.20. The number of rotatable bonds is 7. The van der Waals surface area contributed by atoms with Crippen LogP contribution in [0.3, 0.4) is 0 Å². The van der Waals surface area contributed by atoms with Gasteiger partial charge in [0.05, 0.1) is 12.5 Å². The average Bonchev–Trinajstić information content (AvgIpc) is 2.66. The van der Waals surface area contributed by atoms with E-state index < -0.39 is 0 Å². The first-order valence-electron chi connectivity index (χ1n) is 10.4. The Morgan fingerprint density at radius 3 is 1.91 bits per heavy atom. The molecule has 2 nitrogen and oxygen atoms in total. The van der Waals surface area contributed by atoms with E-state index in [1.807, 2.05) is 41.5 Å². The summed E-state index contributed by atoms with van der Waals surface area (Å²) in [5, 5.41) is 0. The zero-order valence-corrected chi connectivity index (χ0v) is 17.5. The normalized spacial score (nSPS) is 14.8. The van der Waals surface area contributed by atoms with Crippen molar-refractivity contribution in [3.63, 3.8) is 0 Å². The summed E-state index contributed by atoms with van der Waals surface area (Å²) in [6, 6.07) is 0. The average molecular weight is 331 g/mol. The number of esters is 1. The molecule has 1 atom stereocenters. The van der Waals surface area contributed by atoms with Crippen molar-refractivity contribution in [1.29, 1.82) is 0 Å². The lowest BCUT2D eigenvalue weighted by Gasteiger charge is -2.22. The summed E-state index contributed by atoms with van der Waals surface area (Å²) >= 11 is 0. The standard InChI is InChI=1S/C15H28O2.3C2H6/c1-3-5-11-14(4-2)15(16)17-12-13-9-7-6-8-10-13;3*1-2/h13-14H,3-12H2,1-2H3;3*1-2H3. The Morgan fingerprint density at radius 1 is 0.957 bits per heavy atom. The SMILES string of the molecule is CC.CC.CC.CCCCC(CC)C(=O)OCC1CCCCC1. The Kier molecular flexibility index (Phi) is 28.2. The van der Waals surface area contributed by atoms with E-state index in [-0.39, 0.29) is 11.9 Å². The van der Waals surface area contributed by atoms with E-state index in [2.05, 4.69) is 13.8 Å². The maximum absolute atomic E-state index is 11.9. The molecule has 0 aliphatic heterocycles. The van der Waals surface area contributed by atoms with Crippen molar-refractivity contribution in [3.05, 3.63) is 0 Å². The summed E-state index contributed by atoms with van der Waals surface area (Å²) < 4.78 is 5.49. The van der Waals surface area contributed by atoms with Gasteiger partial charge in [-0.1, -0.05) is 87.5 Å². The van der Waals surface area contributed by atoms with Gasteiger partial charge < -0.3 is 4.74 Å². The van der Waals surface area contributed by atoms with Gasteiger partial charge in [-0.25, -0.2) is 0 Å². The third-order valence-corrected chi connectivity index (χ3v) is 3.92. The monoisotopic (exact) mass is 330 g/mol. The molecule has 142 valence electrons. The van der Waals surface area contributed by atoms with Crippen LogP contribution in [-0.2, 0) is 9.53 Å². The van der Waals surface area contributed by atoms with E-state index in [1.165, 1.54) is 32.1 Å². The van der Waals surface area contributed by atoms with Crippen LogP contribution in [0.25, 0.3) is 0 Å². The molecule has 1 unspecified atom stereocenters. The third kappa shape index (κ3) is 16.1. The van der Waals surface area contributed by atoms with Crippen molar-refractivity contribution in [2.24, 2.45) is 11.8 Å². The van der Waals surface area contributed by atoms with Crippen LogP contribution < -0.4 is 0 Å². The van der Waals surface area contributed by atoms with Crippen LogP contribution in [0.4, 0.5) is 0 Å². The Hall–Kier alpha value is -0.530. The van der Waals surface area contributed by atoms with Gasteiger partial charge in [0.2, 0.25) is 0 Å². The molecule has 2 heteroatoms. The molecule has 23 heavy (non-hydrogen) atoms. The fraction of sp³-hybridized carbons (Fsp3) is 0.952. The molecule has 0 spiro atoms. The van der Waals surface area contributed by atoms with Crippen LogP contribution in [-0.4, -0.2) is 12.6 Å². The van der Waals surface area contributed by atoms with Crippen LogP contribution in [0.2, 0.25) is 0 Å². The zero-order chi connectivity index (χ0) is 18.5. The molecule has 1 aliphatic rings. The van der Waals surface area contributed by atoms with E-state index in [9.17, 15) is 4.79 Å². The lowest BCUT2D eigenvalue weighted by atomic mass is 9.90. The van der Waals surface area contributed by atoms with E-state index in [1.54, 1.807) is 0 Å². The first-order valence-corrected chi connectivity index (χ1v) is 10.4. The van der Waals surface area contributed by atoms with Crippen molar-refractivity contribution in [3.8, 4) is 0 Å². The number of carbonyl (C=O) groups excluding carboxylic acids is 1. The van der Waals surface area contributed by atoms with Gasteiger partial charge in [-0.05, 0) is 31.6 Å². The largest absolute Gasteiger partial charge is 0.465 e. The number of carbonyl (C=O) groups is 1. The summed E-state index contributed by atoms with van der Waals surface area (Å²) in [5.41, 5.74) is 0. The number of unbranched alkanes of at least 4 members (excludes halogenated alkanes) is 1. The Morgan fingerprint density at radius 2 is 1.48 bits per heavy atom. The second-order valence-electron chi connectivity index (χ2n) is 5.38. The zero-order valence-electron chi connectivity index (χ0n) is 17.5. The third-order valence-electron chi connectivity index (χ3n) is 3.92. The van der Waals surface area contributed by atoms with Crippen LogP contribution in [0.1, 0.15) is 113 Å². The molecule has 0 radical (unpaired) electrons. The van der Waals surface area contributed by atoms with Crippen LogP contribution in [0, 0.1) is 11.8 Å². The lowest BCUT2D eigenvalue weighted by molar-refractivity contribution is -0.150. The summed E-state index contributed by atoms with van der Waals surface area (Å²) in [4.78, 5) is 11.9. The van der Waals surface area contributed by atoms with Gasteiger partial charge >= 0.3 is 5.97 Å².